The summed E-state index contributed by atoms with van der Waals surface area (Å²) in [7, 11) is -2.07. The van der Waals surface area contributed by atoms with Gasteiger partial charge < -0.3 is 10.5 Å². The van der Waals surface area contributed by atoms with Crippen LogP contribution in [0.15, 0.2) is 57.9 Å². The normalized spacial score (nSPS) is 26.3. The fourth-order valence-electron chi connectivity index (χ4n) is 3.24. The van der Waals surface area contributed by atoms with E-state index >= 15 is 0 Å². The Kier molecular flexibility index (Phi) is 4.79. The minimum atomic E-state index is -3.60. The van der Waals surface area contributed by atoms with Crippen LogP contribution >= 0.6 is 27.5 Å². The van der Waals surface area contributed by atoms with Crippen molar-refractivity contribution in [1.29, 1.82) is 0 Å². The summed E-state index contributed by atoms with van der Waals surface area (Å²) in [5.41, 5.74) is 6.37. The molecular formula is C17H17BrClNO3S. The molecule has 7 heteroatoms. The van der Waals surface area contributed by atoms with Gasteiger partial charge in [-0.25, -0.2) is 8.42 Å². The zero-order valence-electron chi connectivity index (χ0n) is 12.9. The van der Waals surface area contributed by atoms with E-state index in [2.05, 4.69) is 15.9 Å². The van der Waals surface area contributed by atoms with Gasteiger partial charge in [-0.15, -0.1) is 0 Å². The van der Waals surface area contributed by atoms with Crippen LogP contribution in [-0.2, 0) is 14.6 Å². The molecular weight excluding hydrogens is 414 g/mol. The lowest BCUT2D eigenvalue weighted by Gasteiger charge is -2.11. The zero-order valence-corrected chi connectivity index (χ0v) is 16.1. The van der Waals surface area contributed by atoms with Crippen LogP contribution in [0.3, 0.4) is 0 Å². The maximum Gasteiger partial charge on any atom is 0.183 e. The fourth-order valence-corrected chi connectivity index (χ4v) is 5.92. The third-order valence-electron chi connectivity index (χ3n) is 4.40. The standard InChI is InChI=1S/C17H17BrClNO3S/c1-23-10-17(20)15(11-2-4-12(18)5-3-11)16(17)24(21,22)14-8-6-13(19)7-9-14/h2-9,15-16H,10,20H2,1H3/t15-,16+,17+/m1/s1. The van der Waals surface area contributed by atoms with E-state index < -0.39 is 20.6 Å². The lowest BCUT2D eigenvalue weighted by atomic mass is 10.1. The molecule has 3 atom stereocenters. The lowest BCUT2D eigenvalue weighted by molar-refractivity contribution is 0.171. The highest BCUT2D eigenvalue weighted by atomic mass is 79.9. The smallest absolute Gasteiger partial charge is 0.183 e. The Balaban J connectivity index is 2.01. The molecule has 0 saturated heterocycles. The van der Waals surface area contributed by atoms with Crippen LogP contribution in [0.1, 0.15) is 11.5 Å². The maximum atomic E-state index is 13.1. The van der Waals surface area contributed by atoms with Crippen LogP contribution in [0.4, 0.5) is 0 Å². The highest BCUT2D eigenvalue weighted by Crippen LogP contribution is 2.55. The van der Waals surface area contributed by atoms with Crippen molar-refractivity contribution in [3.8, 4) is 0 Å². The van der Waals surface area contributed by atoms with Gasteiger partial charge in [0.25, 0.3) is 0 Å². The van der Waals surface area contributed by atoms with Crippen LogP contribution in [0.5, 0.6) is 0 Å². The van der Waals surface area contributed by atoms with Crippen molar-refractivity contribution < 1.29 is 13.2 Å². The van der Waals surface area contributed by atoms with Gasteiger partial charge in [0.05, 0.1) is 22.3 Å². The first-order valence-corrected chi connectivity index (χ1v) is 10.0. The highest BCUT2D eigenvalue weighted by molar-refractivity contribution is 9.10. The van der Waals surface area contributed by atoms with E-state index in [0.29, 0.717) is 5.02 Å². The van der Waals surface area contributed by atoms with Crippen LogP contribution in [0.25, 0.3) is 0 Å². The molecule has 0 radical (unpaired) electrons. The number of rotatable bonds is 5. The van der Waals surface area contributed by atoms with E-state index in [4.69, 9.17) is 22.1 Å². The average Bonchev–Trinajstić information content (AvgIpc) is 3.15. The van der Waals surface area contributed by atoms with Crippen molar-refractivity contribution in [2.24, 2.45) is 5.73 Å². The van der Waals surface area contributed by atoms with E-state index in [1.165, 1.54) is 19.2 Å². The summed E-state index contributed by atoms with van der Waals surface area (Å²) < 4.78 is 32.3. The third kappa shape index (κ3) is 3.02. The molecule has 0 aliphatic heterocycles. The molecule has 2 aromatic carbocycles. The van der Waals surface area contributed by atoms with E-state index in [0.717, 1.165) is 10.0 Å². The number of ether oxygens (including phenoxy) is 1. The molecule has 1 saturated carbocycles. The lowest BCUT2D eigenvalue weighted by Crippen LogP contribution is -2.35. The van der Waals surface area contributed by atoms with Gasteiger partial charge in [0, 0.05) is 22.5 Å². The second kappa shape index (κ2) is 6.42. The highest BCUT2D eigenvalue weighted by Gasteiger charge is 2.69. The van der Waals surface area contributed by atoms with E-state index in [1.54, 1.807) is 12.1 Å². The fraction of sp³-hybridized carbons (Fsp3) is 0.294. The Labute approximate surface area is 155 Å². The first kappa shape index (κ1) is 17.9. The van der Waals surface area contributed by atoms with Crippen LogP contribution in [-0.4, -0.2) is 32.9 Å². The van der Waals surface area contributed by atoms with Crippen molar-refractivity contribution in [1.82, 2.24) is 0 Å². The molecule has 0 amide bonds. The van der Waals surface area contributed by atoms with Crippen molar-refractivity contribution in [3.63, 3.8) is 0 Å². The number of sulfone groups is 1. The molecule has 1 aliphatic rings. The molecule has 0 bridgehead atoms. The molecule has 1 fully saturated rings. The van der Waals surface area contributed by atoms with Gasteiger partial charge in [-0.05, 0) is 42.0 Å². The number of halogens is 2. The molecule has 0 spiro atoms. The Morgan fingerprint density at radius 3 is 2.29 bits per heavy atom. The summed E-state index contributed by atoms with van der Waals surface area (Å²) in [6, 6.07) is 13.7. The second-order valence-electron chi connectivity index (χ2n) is 5.99. The summed E-state index contributed by atoms with van der Waals surface area (Å²) in [4.78, 5) is 0.224. The molecule has 24 heavy (non-hydrogen) atoms. The molecule has 128 valence electrons. The molecule has 4 nitrogen and oxygen atoms in total. The van der Waals surface area contributed by atoms with Crippen LogP contribution < -0.4 is 5.73 Å². The Morgan fingerprint density at radius 2 is 1.75 bits per heavy atom. The monoisotopic (exact) mass is 429 g/mol. The predicted molar refractivity (Wildman–Crippen MR) is 98.1 cm³/mol. The Morgan fingerprint density at radius 1 is 1.17 bits per heavy atom. The van der Waals surface area contributed by atoms with Gasteiger partial charge in [0.1, 0.15) is 0 Å². The minimum absolute atomic E-state index is 0.172. The average molecular weight is 431 g/mol. The van der Waals surface area contributed by atoms with Gasteiger partial charge in [0.2, 0.25) is 0 Å². The largest absolute Gasteiger partial charge is 0.383 e. The van der Waals surface area contributed by atoms with Crippen molar-refractivity contribution >= 4 is 37.4 Å². The predicted octanol–water partition coefficient (Wildman–Crippen LogP) is 3.39. The van der Waals surface area contributed by atoms with E-state index in [9.17, 15) is 8.42 Å². The van der Waals surface area contributed by atoms with Crippen LogP contribution in [0.2, 0.25) is 5.02 Å². The molecule has 0 aromatic heterocycles. The van der Waals surface area contributed by atoms with Gasteiger partial charge >= 0.3 is 0 Å². The van der Waals surface area contributed by atoms with E-state index in [1.807, 2.05) is 24.3 Å². The number of benzene rings is 2. The van der Waals surface area contributed by atoms with Crippen molar-refractivity contribution in [2.45, 2.75) is 21.6 Å². The SMILES string of the molecule is COC[C@]1(N)[C@H](c2ccc(Br)cc2)[C@@H]1S(=O)(=O)c1ccc(Cl)cc1. The molecule has 1 aliphatic carbocycles. The Hall–Kier alpha value is -0.920. The van der Waals surface area contributed by atoms with E-state index in [-0.39, 0.29) is 17.4 Å². The third-order valence-corrected chi connectivity index (χ3v) is 7.49. The topological polar surface area (TPSA) is 69.4 Å². The quantitative estimate of drug-likeness (QED) is 0.789. The summed E-state index contributed by atoms with van der Waals surface area (Å²) in [5.74, 6) is -0.314. The van der Waals surface area contributed by atoms with Gasteiger partial charge in [-0.1, -0.05) is 39.7 Å². The Bertz CT molecular complexity index is 839. The van der Waals surface area contributed by atoms with Crippen molar-refractivity contribution in [3.05, 3.63) is 63.6 Å². The van der Waals surface area contributed by atoms with Gasteiger partial charge in [-0.3, -0.25) is 0 Å². The summed E-state index contributed by atoms with van der Waals surface area (Å²) in [6.45, 7) is 0.172. The number of hydrogen-bond acceptors (Lipinski definition) is 4. The second-order valence-corrected chi connectivity index (χ2v) is 9.42. The van der Waals surface area contributed by atoms with Gasteiger partial charge in [-0.2, -0.15) is 0 Å². The van der Waals surface area contributed by atoms with Crippen molar-refractivity contribution in [2.75, 3.05) is 13.7 Å². The van der Waals surface area contributed by atoms with Crippen LogP contribution in [0, 0.1) is 0 Å². The molecule has 0 heterocycles. The number of hydrogen-bond donors (Lipinski definition) is 1. The molecule has 2 aromatic rings. The molecule has 3 rings (SSSR count). The van der Waals surface area contributed by atoms with Gasteiger partial charge in [0.15, 0.2) is 9.84 Å². The molecule has 0 unspecified atom stereocenters. The summed E-state index contributed by atoms with van der Waals surface area (Å²) in [6.07, 6.45) is 0. The zero-order chi connectivity index (χ0) is 17.5. The summed E-state index contributed by atoms with van der Waals surface area (Å²) in [5, 5.41) is -0.239. The first-order chi connectivity index (χ1) is 11.3. The maximum absolute atomic E-state index is 13.1. The molecule has 2 N–H and O–H groups in total. The summed E-state index contributed by atoms with van der Waals surface area (Å²) >= 11 is 9.24. The first-order valence-electron chi connectivity index (χ1n) is 7.33. The number of nitrogens with two attached hydrogens (primary N) is 1. The number of methoxy groups -OCH3 is 1. The minimum Gasteiger partial charge on any atom is -0.383 e.